The summed E-state index contributed by atoms with van der Waals surface area (Å²) in [5, 5.41) is 31.7. The molecule has 1 heterocycles. The maximum atomic E-state index is 12.3. The van der Waals surface area contributed by atoms with Crippen LogP contribution in [0.25, 0.3) is 0 Å². The quantitative estimate of drug-likeness (QED) is 0.144. The highest BCUT2D eigenvalue weighted by Gasteiger charge is 2.23. The molecule has 0 aromatic carbocycles. The number of rotatable bonds is 16. The molecule has 0 amide bonds. The fourth-order valence-electron chi connectivity index (χ4n) is 4.70. The van der Waals surface area contributed by atoms with Gasteiger partial charge in [-0.15, -0.1) is 0 Å². The first kappa shape index (κ1) is 35.6. The molecule has 3 N–H and O–H groups in total. The van der Waals surface area contributed by atoms with Gasteiger partial charge >= 0.3 is 5.63 Å². The molecule has 40 heavy (non-hydrogen) atoms. The van der Waals surface area contributed by atoms with Crippen LogP contribution in [-0.2, 0) is 6.42 Å². The molecule has 0 saturated carbocycles. The summed E-state index contributed by atoms with van der Waals surface area (Å²) >= 11 is 0. The van der Waals surface area contributed by atoms with Gasteiger partial charge in [0.1, 0.15) is 5.76 Å². The van der Waals surface area contributed by atoms with E-state index in [4.69, 9.17) is 4.42 Å². The predicted molar refractivity (Wildman–Crippen MR) is 167 cm³/mol. The van der Waals surface area contributed by atoms with Crippen LogP contribution < -0.4 is 5.63 Å². The topological polar surface area (TPSA) is 90.9 Å². The predicted octanol–water partition coefficient (Wildman–Crippen LogP) is 7.73. The second kappa shape index (κ2) is 18.1. The van der Waals surface area contributed by atoms with Crippen LogP contribution >= 0.6 is 0 Å². The molecule has 0 saturated heterocycles. The fraction of sp³-hybridized carbons (Fsp3) is 0.571. The van der Waals surface area contributed by atoms with E-state index < -0.39 is 18.3 Å². The van der Waals surface area contributed by atoms with Crippen molar-refractivity contribution in [2.75, 3.05) is 0 Å². The van der Waals surface area contributed by atoms with Crippen LogP contribution in [0.5, 0.6) is 0 Å². The Kier molecular flexibility index (Phi) is 16.1. The van der Waals surface area contributed by atoms with Crippen molar-refractivity contribution >= 4 is 0 Å². The normalized spacial score (nSPS) is 17.9. The number of aliphatic hydroxyl groups is 3. The van der Waals surface area contributed by atoms with E-state index in [0.717, 1.165) is 42.4 Å². The highest BCUT2D eigenvalue weighted by molar-refractivity contribution is 5.25. The van der Waals surface area contributed by atoms with E-state index in [1.807, 2.05) is 71.9 Å². The van der Waals surface area contributed by atoms with Gasteiger partial charge in [-0.2, -0.15) is 0 Å². The number of unbranched alkanes of at least 4 members (excludes halogenated alkanes) is 1. The molecule has 1 rings (SSSR count). The summed E-state index contributed by atoms with van der Waals surface area (Å²) in [6, 6.07) is 3.65. The van der Waals surface area contributed by atoms with Gasteiger partial charge in [0.25, 0.3) is 0 Å². The van der Waals surface area contributed by atoms with Gasteiger partial charge in [0.2, 0.25) is 0 Å². The van der Waals surface area contributed by atoms with Crippen molar-refractivity contribution in [3.63, 3.8) is 0 Å². The summed E-state index contributed by atoms with van der Waals surface area (Å²) in [6.07, 6.45) is 13.0. The maximum absolute atomic E-state index is 12.3. The second-order valence-electron chi connectivity index (χ2n) is 11.5. The Bertz CT molecular complexity index is 1130. The zero-order chi connectivity index (χ0) is 30.4. The summed E-state index contributed by atoms with van der Waals surface area (Å²) in [4.78, 5) is 12.3. The lowest BCUT2D eigenvalue weighted by Gasteiger charge is -2.24. The number of aryl methyl sites for hydroxylation is 1. The van der Waals surface area contributed by atoms with E-state index in [1.165, 1.54) is 11.1 Å². The van der Waals surface area contributed by atoms with Gasteiger partial charge in [-0.1, -0.05) is 74.3 Å². The number of hydrogen-bond acceptors (Lipinski definition) is 5. The first-order valence-electron chi connectivity index (χ1n) is 14.8. The number of aliphatic hydroxyl groups excluding tert-OH is 3. The van der Waals surface area contributed by atoms with Gasteiger partial charge in [0, 0.05) is 17.4 Å². The average molecular weight is 555 g/mol. The maximum Gasteiger partial charge on any atom is 0.339 e. The lowest BCUT2D eigenvalue weighted by atomic mass is 9.91. The molecule has 224 valence electrons. The van der Waals surface area contributed by atoms with Crippen LogP contribution in [0.1, 0.15) is 112 Å². The fourth-order valence-corrected chi connectivity index (χ4v) is 4.70. The molecule has 1 aromatic heterocycles. The van der Waals surface area contributed by atoms with Crippen molar-refractivity contribution in [3.05, 3.63) is 92.1 Å². The Morgan fingerprint density at radius 2 is 1.60 bits per heavy atom. The molecular weight excluding hydrogens is 500 g/mol. The van der Waals surface area contributed by atoms with Gasteiger partial charge in [0.15, 0.2) is 0 Å². The lowest BCUT2D eigenvalue weighted by Crippen LogP contribution is -2.29. The molecule has 0 unspecified atom stereocenters. The van der Waals surface area contributed by atoms with Gasteiger partial charge in [-0.3, -0.25) is 0 Å². The SMILES string of the molecule is CC=C(C)[C@@H](O)[C@H](C)[C@H](O)CC=C(C)C=C(C)CC(C)=CCC=C(C)[C@@H](O)[C@@H](C)c1ccc(CCCC)c(=O)o1. The zero-order valence-electron chi connectivity index (χ0n) is 26.3. The number of hydrogen-bond donors (Lipinski definition) is 3. The number of allylic oxidation sites excluding steroid dienone is 7. The minimum atomic E-state index is -0.728. The first-order chi connectivity index (χ1) is 18.8. The lowest BCUT2D eigenvalue weighted by molar-refractivity contribution is 0.0415. The third-order valence-corrected chi connectivity index (χ3v) is 7.76. The van der Waals surface area contributed by atoms with Gasteiger partial charge in [-0.05, 0) is 96.9 Å². The minimum Gasteiger partial charge on any atom is -0.427 e. The largest absolute Gasteiger partial charge is 0.427 e. The monoisotopic (exact) mass is 554 g/mol. The second-order valence-corrected chi connectivity index (χ2v) is 11.5. The van der Waals surface area contributed by atoms with Crippen molar-refractivity contribution in [3.8, 4) is 0 Å². The van der Waals surface area contributed by atoms with Crippen molar-refractivity contribution in [1.82, 2.24) is 0 Å². The van der Waals surface area contributed by atoms with Crippen LogP contribution in [0.2, 0.25) is 0 Å². The molecule has 0 aliphatic carbocycles. The zero-order valence-corrected chi connectivity index (χ0v) is 26.3. The summed E-state index contributed by atoms with van der Waals surface area (Å²) in [5.74, 6) is -0.0401. The average Bonchev–Trinajstić information content (AvgIpc) is 2.92. The van der Waals surface area contributed by atoms with E-state index in [0.29, 0.717) is 24.2 Å². The van der Waals surface area contributed by atoms with Gasteiger partial charge in [0.05, 0.1) is 18.3 Å². The van der Waals surface area contributed by atoms with E-state index in [2.05, 4.69) is 32.9 Å². The molecule has 0 bridgehead atoms. The van der Waals surface area contributed by atoms with Crippen molar-refractivity contribution in [2.45, 2.75) is 125 Å². The molecule has 0 radical (unpaired) electrons. The highest BCUT2D eigenvalue weighted by Crippen LogP contribution is 2.24. The third-order valence-electron chi connectivity index (χ3n) is 7.76. The summed E-state index contributed by atoms with van der Waals surface area (Å²) < 4.78 is 5.53. The molecule has 1 aromatic rings. The molecule has 5 heteroatoms. The Balaban J connectivity index is 2.70. The van der Waals surface area contributed by atoms with Gasteiger partial charge in [-0.25, -0.2) is 4.79 Å². The smallest absolute Gasteiger partial charge is 0.339 e. The standard InChI is InChI=1S/C35H54O5/c1-10-12-16-30-18-20-32(40-35(30)39)29(9)34(38)27(7)15-13-14-23(3)21-25(5)22-24(4)17-19-31(36)28(8)33(37)26(6)11-2/h11,14-15,17-18,20,22,28-29,31,33-34,36-38H,10,12-13,16,19,21H2,1-9H3/t28-,29+,31-,33-,34-/m1/s1. The van der Waals surface area contributed by atoms with Crippen molar-refractivity contribution in [1.29, 1.82) is 0 Å². The Labute approximate surface area is 242 Å². The molecule has 0 fully saturated rings. The molecule has 0 aliphatic heterocycles. The van der Waals surface area contributed by atoms with E-state index in [1.54, 1.807) is 0 Å². The van der Waals surface area contributed by atoms with Crippen LogP contribution in [0.4, 0.5) is 0 Å². The molecular formula is C35H54O5. The Hall–Kier alpha value is -2.47. The van der Waals surface area contributed by atoms with Crippen LogP contribution in [-0.4, -0.2) is 33.6 Å². The summed E-state index contributed by atoms with van der Waals surface area (Å²) in [7, 11) is 0. The van der Waals surface area contributed by atoms with Crippen LogP contribution in [0, 0.1) is 5.92 Å². The minimum absolute atomic E-state index is 0.233. The van der Waals surface area contributed by atoms with Crippen molar-refractivity contribution in [2.24, 2.45) is 5.92 Å². The Morgan fingerprint density at radius 3 is 2.20 bits per heavy atom. The molecule has 5 nitrogen and oxygen atoms in total. The molecule has 0 aliphatic rings. The first-order valence-corrected chi connectivity index (χ1v) is 14.8. The summed E-state index contributed by atoms with van der Waals surface area (Å²) in [5.41, 5.74) is 5.66. The van der Waals surface area contributed by atoms with Gasteiger partial charge < -0.3 is 19.7 Å². The third kappa shape index (κ3) is 12.0. The van der Waals surface area contributed by atoms with Crippen molar-refractivity contribution < 1.29 is 19.7 Å². The van der Waals surface area contributed by atoms with Crippen LogP contribution in [0.15, 0.2) is 79.6 Å². The van der Waals surface area contributed by atoms with E-state index in [-0.39, 0.29) is 17.5 Å². The van der Waals surface area contributed by atoms with E-state index >= 15 is 0 Å². The van der Waals surface area contributed by atoms with Crippen LogP contribution in [0.3, 0.4) is 0 Å². The molecule has 0 spiro atoms. The highest BCUT2D eigenvalue weighted by atomic mass is 16.4. The molecule has 5 atom stereocenters. The Morgan fingerprint density at radius 1 is 0.925 bits per heavy atom. The summed E-state index contributed by atoms with van der Waals surface area (Å²) in [6.45, 7) is 17.8. The van der Waals surface area contributed by atoms with E-state index in [9.17, 15) is 20.1 Å².